The van der Waals surface area contributed by atoms with Gasteiger partial charge in [-0.05, 0) is 29.9 Å². The summed E-state index contributed by atoms with van der Waals surface area (Å²) in [5.74, 6) is -2.30. The van der Waals surface area contributed by atoms with Crippen molar-refractivity contribution in [2.75, 3.05) is 7.11 Å². The maximum absolute atomic E-state index is 13.9. The molecule has 0 aliphatic carbocycles. The van der Waals surface area contributed by atoms with E-state index in [9.17, 15) is 23.1 Å². The number of aliphatic hydroxyl groups is 1. The number of ether oxygens (including phenoxy) is 1. The van der Waals surface area contributed by atoms with Gasteiger partial charge in [-0.3, -0.25) is 4.79 Å². The quantitative estimate of drug-likeness (QED) is 0.532. The fraction of sp³-hybridized carbons (Fsp3) is 0.263. The van der Waals surface area contributed by atoms with Gasteiger partial charge in [-0.25, -0.2) is 0 Å². The molecular formula is C19H17F3N2O3S. The molecule has 1 aliphatic rings. The smallest absolute Gasteiger partial charge is 0.437 e. The Morgan fingerprint density at radius 3 is 2.29 bits per heavy atom. The van der Waals surface area contributed by atoms with Crippen LogP contribution >= 0.6 is 12.2 Å². The molecule has 5 nitrogen and oxygen atoms in total. The van der Waals surface area contributed by atoms with Crippen LogP contribution in [0.1, 0.15) is 22.0 Å². The summed E-state index contributed by atoms with van der Waals surface area (Å²) in [6.45, 7) is 0. The Balaban J connectivity index is 2.13. The van der Waals surface area contributed by atoms with Gasteiger partial charge in [0.15, 0.2) is 10.9 Å². The van der Waals surface area contributed by atoms with Crippen LogP contribution in [0.2, 0.25) is 0 Å². The molecule has 3 atom stereocenters. The number of hydrogen-bond acceptors (Lipinski definition) is 4. The first-order valence-corrected chi connectivity index (χ1v) is 8.69. The molecule has 2 aromatic rings. The Bertz CT molecular complexity index is 874. The number of methoxy groups -OCH3 is 1. The number of benzene rings is 2. The van der Waals surface area contributed by atoms with Gasteiger partial charge in [0.2, 0.25) is 5.72 Å². The summed E-state index contributed by atoms with van der Waals surface area (Å²) in [4.78, 5) is 13.1. The van der Waals surface area contributed by atoms with Crippen LogP contribution in [-0.4, -0.2) is 35.0 Å². The standard InChI is InChI=1S/C19H17F3N2O3S/c1-27-13-9-7-11(8-10-13)15-14(16(25)12-5-3-2-4-6-12)18(26,19(20,21)22)24-17(28)23-15/h2-10,14-15,26H,1H3,(H2,23,24,28). The van der Waals surface area contributed by atoms with Gasteiger partial charge < -0.3 is 20.5 Å². The van der Waals surface area contributed by atoms with E-state index in [-0.39, 0.29) is 5.56 Å². The number of ketones is 1. The summed E-state index contributed by atoms with van der Waals surface area (Å²) in [5, 5.41) is 14.7. The molecular weight excluding hydrogens is 393 g/mol. The number of Topliss-reactive ketones (excluding diaryl/α,β-unsaturated/α-hetero) is 1. The molecule has 0 spiro atoms. The van der Waals surface area contributed by atoms with E-state index in [1.165, 1.54) is 43.5 Å². The van der Waals surface area contributed by atoms with Crippen molar-refractivity contribution >= 4 is 23.1 Å². The summed E-state index contributed by atoms with van der Waals surface area (Å²) in [7, 11) is 1.46. The highest BCUT2D eigenvalue weighted by atomic mass is 32.1. The molecule has 3 rings (SSSR count). The highest BCUT2D eigenvalue weighted by Crippen LogP contribution is 2.44. The average molecular weight is 410 g/mol. The van der Waals surface area contributed by atoms with E-state index >= 15 is 0 Å². The van der Waals surface area contributed by atoms with Crippen LogP contribution in [0.25, 0.3) is 0 Å². The fourth-order valence-electron chi connectivity index (χ4n) is 3.21. The molecule has 0 bridgehead atoms. The van der Waals surface area contributed by atoms with Gasteiger partial charge in [0.1, 0.15) is 11.7 Å². The van der Waals surface area contributed by atoms with E-state index in [2.05, 4.69) is 5.32 Å². The molecule has 0 aromatic heterocycles. The predicted molar refractivity (Wildman–Crippen MR) is 99.9 cm³/mol. The van der Waals surface area contributed by atoms with Crippen molar-refractivity contribution in [2.45, 2.75) is 17.9 Å². The second-order valence-electron chi connectivity index (χ2n) is 6.32. The van der Waals surface area contributed by atoms with Gasteiger partial charge in [-0.2, -0.15) is 13.2 Å². The highest BCUT2D eigenvalue weighted by Gasteiger charge is 2.65. The van der Waals surface area contributed by atoms with Crippen molar-refractivity contribution in [1.29, 1.82) is 0 Å². The predicted octanol–water partition coefficient (Wildman–Crippen LogP) is 2.96. The van der Waals surface area contributed by atoms with E-state index in [1.54, 1.807) is 18.2 Å². The molecule has 3 unspecified atom stereocenters. The summed E-state index contributed by atoms with van der Waals surface area (Å²) < 4.78 is 46.6. The molecule has 3 N–H and O–H groups in total. The van der Waals surface area contributed by atoms with Gasteiger partial charge >= 0.3 is 6.18 Å². The average Bonchev–Trinajstić information content (AvgIpc) is 2.67. The molecule has 28 heavy (non-hydrogen) atoms. The van der Waals surface area contributed by atoms with Gasteiger partial charge in [0.25, 0.3) is 0 Å². The van der Waals surface area contributed by atoms with Crippen LogP contribution in [0.3, 0.4) is 0 Å². The lowest BCUT2D eigenvalue weighted by Gasteiger charge is -2.46. The van der Waals surface area contributed by atoms with Crippen LogP contribution < -0.4 is 15.4 Å². The number of halogens is 3. The summed E-state index contributed by atoms with van der Waals surface area (Å²) in [6, 6.07) is 12.5. The minimum absolute atomic E-state index is 0.0464. The molecule has 1 saturated heterocycles. The largest absolute Gasteiger partial charge is 0.497 e. The maximum Gasteiger partial charge on any atom is 0.437 e. The van der Waals surface area contributed by atoms with E-state index in [0.717, 1.165) is 0 Å². The number of thiocarbonyl (C=S) groups is 1. The van der Waals surface area contributed by atoms with Crippen molar-refractivity contribution in [3.05, 3.63) is 65.7 Å². The number of alkyl halides is 3. The number of nitrogens with one attached hydrogen (secondary N) is 2. The summed E-state index contributed by atoms with van der Waals surface area (Å²) in [6.07, 6.45) is -5.15. The first kappa shape index (κ1) is 20.1. The Kier molecular flexibility index (Phi) is 5.31. The Morgan fingerprint density at radius 2 is 1.75 bits per heavy atom. The molecule has 1 heterocycles. The zero-order valence-corrected chi connectivity index (χ0v) is 15.5. The maximum atomic E-state index is 13.9. The van der Waals surface area contributed by atoms with Crippen LogP contribution in [0, 0.1) is 5.92 Å². The van der Waals surface area contributed by atoms with Crippen molar-refractivity contribution in [3.63, 3.8) is 0 Å². The van der Waals surface area contributed by atoms with Crippen molar-refractivity contribution in [1.82, 2.24) is 10.6 Å². The lowest BCUT2D eigenvalue weighted by molar-refractivity contribution is -0.285. The monoisotopic (exact) mass is 410 g/mol. The third-order valence-electron chi connectivity index (χ3n) is 4.62. The summed E-state index contributed by atoms with van der Waals surface area (Å²) >= 11 is 4.89. The van der Waals surface area contributed by atoms with Gasteiger partial charge in [-0.1, -0.05) is 42.5 Å². The third-order valence-corrected chi connectivity index (χ3v) is 4.84. The minimum atomic E-state index is -5.15. The topological polar surface area (TPSA) is 70.6 Å². The van der Waals surface area contributed by atoms with E-state index in [4.69, 9.17) is 17.0 Å². The first-order valence-electron chi connectivity index (χ1n) is 8.28. The van der Waals surface area contributed by atoms with Crippen LogP contribution in [0.15, 0.2) is 54.6 Å². The first-order chi connectivity index (χ1) is 13.2. The number of hydrogen-bond donors (Lipinski definition) is 3. The van der Waals surface area contributed by atoms with Gasteiger partial charge in [0, 0.05) is 5.56 Å². The van der Waals surface area contributed by atoms with Crippen LogP contribution in [0.5, 0.6) is 5.75 Å². The number of carbonyl (C=O) groups is 1. The van der Waals surface area contributed by atoms with Crippen LogP contribution in [0.4, 0.5) is 13.2 Å². The molecule has 1 fully saturated rings. The molecule has 9 heteroatoms. The SMILES string of the molecule is COc1ccc(C2NC(=S)NC(O)(C(F)(F)F)C2C(=O)c2ccccc2)cc1. The second kappa shape index (κ2) is 7.40. The molecule has 148 valence electrons. The van der Waals surface area contributed by atoms with Crippen molar-refractivity contribution < 1.29 is 27.8 Å². The molecule has 0 saturated carbocycles. The van der Waals surface area contributed by atoms with Gasteiger partial charge in [-0.15, -0.1) is 0 Å². The van der Waals surface area contributed by atoms with Crippen molar-refractivity contribution in [2.24, 2.45) is 5.92 Å². The second-order valence-corrected chi connectivity index (χ2v) is 6.73. The zero-order chi connectivity index (χ0) is 20.5. The summed E-state index contributed by atoms with van der Waals surface area (Å²) in [5.41, 5.74) is -3.14. The zero-order valence-electron chi connectivity index (χ0n) is 14.7. The van der Waals surface area contributed by atoms with Crippen LogP contribution in [-0.2, 0) is 0 Å². The van der Waals surface area contributed by atoms with E-state index < -0.39 is 34.8 Å². The lowest BCUT2D eigenvalue weighted by atomic mass is 9.77. The number of rotatable bonds is 4. The molecule has 1 aliphatic heterocycles. The normalized spacial score (nSPS) is 24.8. The Morgan fingerprint density at radius 1 is 1.14 bits per heavy atom. The number of carbonyl (C=O) groups excluding carboxylic acids is 1. The molecule has 0 amide bonds. The van der Waals surface area contributed by atoms with Crippen molar-refractivity contribution in [3.8, 4) is 5.75 Å². The fourth-order valence-corrected chi connectivity index (χ4v) is 3.49. The molecule has 2 aromatic carbocycles. The Hall–Kier alpha value is -2.65. The van der Waals surface area contributed by atoms with E-state index in [1.807, 2.05) is 5.32 Å². The highest BCUT2D eigenvalue weighted by molar-refractivity contribution is 7.80. The third kappa shape index (κ3) is 3.55. The van der Waals surface area contributed by atoms with E-state index in [0.29, 0.717) is 11.3 Å². The Labute approximate surface area is 164 Å². The lowest BCUT2D eigenvalue weighted by Crippen LogP contribution is -2.72. The minimum Gasteiger partial charge on any atom is -0.497 e. The van der Waals surface area contributed by atoms with Gasteiger partial charge in [0.05, 0.1) is 13.2 Å². The molecule has 0 radical (unpaired) electrons.